The van der Waals surface area contributed by atoms with Crippen LogP contribution in [0.1, 0.15) is 51.4 Å². The number of nitrogens with two attached hydrogens (primary N) is 5. The van der Waals surface area contributed by atoms with Gasteiger partial charge in [0.25, 0.3) is 0 Å². The predicted molar refractivity (Wildman–Crippen MR) is 176 cm³/mol. The molecule has 2 aliphatic rings. The number of nitrogens with one attached hydrogen (secondary N) is 2. The highest BCUT2D eigenvalue weighted by atomic mass is 32.1. The number of hydrogen-bond acceptors (Lipinski definition) is 10. The maximum atomic E-state index is 13.7. The topological polar surface area (TPSA) is 328 Å². The van der Waals surface area contributed by atoms with Crippen molar-refractivity contribution in [3.8, 4) is 0 Å². The standard InChI is InChI=1S/C25H45N11O6S.C2HF3O2/c26-14(13-43)19(37)33-15(5-1-9-31-24(27)28)21(39)36-12-4-8-18(36)22(40)35-11-3-7-17(35)20(38)34-16(23(41)42)6-2-10-32-25(29)30;3-2(4,5)1(6)7/h14-18,43H,1-13,26H2,(H,33,37)(H,34,38)(H,41,42)(H4,27,28,31)(H4,29,30,32);(H,6,7)/t14-,15-,16-,17-,18-;/m0./s1. The van der Waals surface area contributed by atoms with E-state index in [2.05, 4.69) is 33.2 Å². The molecule has 50 heavy (non-hydrogen) atoms. The second-order valence-electron chi connectivity index (χ2n) is 11.3. The van der Waals surface area contributed by atoms with Gasteiger partial charge in [-0.05, 0) is 51.4 Å². The molecule has 4 amide bonds. The van der Waals surface area contributed by atoms with E-state index in [0.717, 1.165) is 0 Å². The van der Waals surface area contributed by atoms with Gasteiger partial charge in [-0.2, -0.15) is 25.8 Å². The van der Waals surface area contributed by atoms with Crippen molar-refractivity contribution in [1.82, 2.24) is 20.4 Å². The lowest BCUT2D eigenvalue weighted by Crippen LogP contribution is -2.58. The molecule has 0 aromatic heterocycles. The van der Waals surface area contributed by atoms with Crippen LogP contribution < -0.4 is 39.3 Å². The number of nitrogens with zero attached hydrogens (tertiary/aromatic N) is 4. The van der Waals surface area contributed by atoms with Gasteiger partial charge in [-0.3, -0.25) is 29.2 Å². The highest BCUT2D eigenvalue weighted by Crippen LogP contribution is 2.26. The van der Waals surface area contributed by atoms with E-state index in [1.165, 1.54) is 9.80 Å². The van der Waals surface area contributed by atoms with Crippen molar-refractivity contribution < 1.29 is 52.2 Å². The summed E-state index contributed by atoms with van der Waals surface area (Å²) in [7, 11) is 0. The molecular formula is C27H46F3N11O8S. The molecule has 0 unspecified atom stereocenters. The molecule has 0 aliphatic carbocycles. The summed E-state index contributed by atoms with van der Waals surface area (Å²) >= 11 is 4.04. The quantitative estimate of drug-likeness (QED) is 0.0327. The van der Waals surface area contributed by atoms with Crippen LogP contribution >= 0.6 is 12.6 Å². The number of likely N-dealkylation sites (tertiary alicyclic amines) is 2. The fraction of sp³-hybridized carbons (Fsp3) is 0.704. The number of aliphatic imine (C=N–C) groups is 2. The Bertz CT molecular complexity index is 1270. The number of thiol groups is 1. The van der Waals surface area contributed by atoms with Crippen molar-refractivity contribution in [2.24, 2.45) is 38.7 Å². The Morgan fingerprint density at radius 1 is 0.820 bits per heavy atom. The number of aliphatic carboxylic acids is 2. The van der Waals surface area contributed by atoms with Crippen LogP contribution in [0.2, 0.25) is 0 Å². The first-order chi connectivity index (χ1) is 23.3. The van der Waals surface area contributed by atoms with Crippen LogP contribution in [0.3, 0.4) is 0 Å². The SMILES string of the molecule is NC(N)=NCCC[C@H](NC(=O)[C@@H]1CCCN1C(=O)[C@@H]1CCCN1C(=O)[C@H](CCCN=C(N)N)NC(=O)[C@@H](N)CS)C(=O)O.O=C(O)C(F)(F)F. The molecule has 0 bridgehead atoms. The Morgan fingerprint density at radius 2 is 1.30 bits per heavy atom. The minimum absolute atomic E-state index is 0.0724. The van der Waals surface area contributed by atoms with Crippen LogP contribution in [-0.2, 0) is 28.8 Å². The highest BCUT2D eigenvalue weighted by molar-refractivity contribution is 7.80. The molecule has 0 spiro atoms. The molecule has 2 saturated heterocycles. The maximum Gasteiger partial charge on any atom is 0.490 e. The average Bonchev–Trinajstić information content (AvgIpc) is 3.73. The molecule has 14 N–H and O–H groups in total. The van der Waals surface area contributed by atoms with Crippen molar-refractivity contribution in [1.29, 1.82) is 0 Å². The molecule has 2 rings (SSSR count). The Hall–Kier alpha value is -4.54. The number of hydrogen-bond donors (Lipinski definition) is 10. The van der Waals surface area contributed by atoms with E-state index in [1.54, 1.807) is 0 Å². The van der Waals surface area contributed by atoms with Gasteiger partial charge in [0.1, 0.15) is 24.2 Å². The largest absolute Gasteiger partial charge is 0.490 e. The van der Waals surface area contributed by atoms with Gasteiger partial charge in [-0.1, -0.05) is 0 Å². The predicted octanol–water partition coefficient (Wildman–Crippen LogP) is -2.98. The zero-order valence-electron chi connectivity index (χ0n) is 27.2. The van der Waals surface area contributed by atoms with E-state index in [0.29, 0.717) is 38.5 Å². The lowest BCUT2D eigenvalue weighted by atomic mass is 10.1. The molecule has 0 aromatic rings. The summed E-state index contributed by atoms with van der Waals surface area (Å²) in [4.78, 5) is 84.3. The van der Waals surface area contributed by atoms with Gasteiger partial charge >= 0.3 is 18.1 Å². The van der Waals surface area contributed by atoms with Crippen molar-refractivity contribution in [2.45, 2.75) is 87.8 Å². The molecule has 5 atom stereocenters. The second-order valence-corrected chi connectivity index (χ2v) is 11.7. The van der Waals surface area contributed by atoms with E-state index >= 15 is 0 Å². The lowest BCUT2D eigenvalue weighted by Gasteiger charge is -2.33. The highest BCUT2D eigenvalue weighted by Gasteiger charge is 2.44. The number of rotatable bonds is 16. The molecule has 0 radical (unpaired) electrons. The van der Waals surface area contributed by atoms with E-state index < -0.39 is 72.0 Å². The van der Waals surface area contributed by atoms with Crippen molar-refractivity contribution >= 4 is 60.1 Å². The Labute approximate surface area is 291 Å². The molecular weight excluding hydrogens is 695 g/mol. The third-order valence-corrected chi connectivity index (χ3v) is 7.95. The zero-order valence-corrected chi connectivity index (χ0v) is 28.1. The summed E-state index contributed by atoms with van der Waals surface area (Å²) in [5, 5.41) is 21.9. The molecule has 19 nitrogen and oxygen atoms in total. The molecule has 2 aliphatic heterocycles. The van der Waals surface area contributed by atoms with E-state index in [9.17, 15) is 42.3 Å². The summed E-state index contributed by atoms with van der Waals surface area (Å²) < 4.78 is 31.7. The minimum atomic E-state index is -5.08. The van der Waals surface area contributed by atoms with Gasteiger partial charge in [-0.15, -0.1) is 0 Å². The number of carbonyl (C=O) groups excluding carboxylic acids is 4. The van der Waals surface area contributed by atoms with Crippen LogP contribution in [0.5, 0.6) is 0 Å². The van der Waals surface area contributed by atoms with Gasteiger partial charge in [0.15, 0.2) is 11.9 Å². The number of halogens is 3. The maximum absolute atomic E-state index is 13.7. The van der Waals surface area contributed by atoms with Gasteiger partial charge in [0.05, 0.1) is 6.04 Å². The lowest BCUT2D eigenvalue weighted by molar-refractivity contribution is -0.192. The van der Waals surface area contributed by atoms with Gasteiger partial charge in [0.2, 0.25) is 23.6 Å². The van der Waals surface area contributed by atoms with Crippen LogP contribution in [0, 0.1) is 0 Å². The fourth-order valence-electron chi connectivity index (χ4n) is 5.13. The molecule has 23 heteroatoms. The number of alkyl halides is 3. The smallest absolute Gasteiger partial charge is 0.480 e. The minimum Gasteiger partial charge on any atom is -0.480 e. The Kier molecular flexibility index (Phi) is 18.1. The first-order valence-electron chi connectivity index (χ1n) is 15.5. The van der Waals surface area contributed by atoms with Crippen molar-refractivity contribution in [3.63, 3.8) is 0 Å². The first kappa shape index (κ1) is 43.5. The van der Waals surface area contributed by atoms with E-state index in [1.807, 2.05) is 0 Å². The van der Waals surface area contributed by atoms with Gasteiger partial charge in [0, 0.05) is 31.9 Å². The monoisotopic (exact) mass is 741 g/mol. The summed E-state index contributed by atoms with van der Waals surface area (Å²) in [5.74, 6) is -6.10. The molecule has 284 valence electrons. The van der Waals surface area contributed by atoms with Crippen LogP contribution in [0.4, 0.5) is 13.2 Å². The Morgan fingerprint density at radius 3 is 1.76 bits per heavy atom. The van der Waals surface area contributed by atoms with Crippen molar-refractivity contribution in [2.75, 3.05) is 31.9 Å². The van der Waals surface area contributed by atoms with Crippen LogP contribution in [0.15, 0.2) is 9.98 Å². The third-order valence-electron chi connectivity index (χ3n) is 7.56. The fourth-order valence-corrected chi connectivity index (χ4v) is 5.30. The normalized spacial score (nSPS) is 18.8. The Balaban J connectivity index is 0.00000161. The molecule has 2 fully saturated rings. The summed E-state index contributed by atoms with van der Waals surface area (Å²) in [6.45, 7) is 1.01. The number of carbonyl (C=O) groups is 6. The third kappa shape index (κ3) is 14.5. The molecule has 0 saturated carbocycles. The van der Waals surface area contributed by atoms with E-state index in [-0.39, 0.29) is 56.7 Å². The summed E-state index contributed by atoms with van der Waals surface area (Å²) in [6.07, 6.45) is -2.27. The average molecular weight is 742 g/mol. The van der Waals surface area contributed by atoms with Crippen LogP contribution in [-0.4, -0.2) is 136 Å². The molecule has 0 aromatic carbocycles. The number of carboxylic acid groups (broad SMARTS) is 2. The summed E-state index contributed by atoms with van der Waals surface area (Å²) in [5.41, 5.74) is 27.1. The van der Waals surface area contributed by atoms with Gasteiger partial charge in [-0.25, -0.2) is 9.59 Å². The summed E-state index contributed by atoms with van der Waals surface area (Å²) in [6, 6.07) is -4.82. The second kappa shape index (κ2) is 20.9. The van der Waals surface area contributed by atoms with Gasteiger partial charge < -0.3 is 59.3 Å². The number of carboxylic acids is 2. The van der Waals surface area contributed by atoms with Crippen molar-refractivity contribution in [3.05, 3.63) is 0 Å². The number of guanidine groups is 2. The first-order valence-corrected chi connectivity index (χ1v) is 16.2. The number of amides is 4. The van der Waals surface area contributed by atoms with E-state index in [4.69, 9.17) is 38.6 Å². The van der Waals surface area contributed by atoms with Crippen LogP contribution in [0.25, 0.3) is 0 Å². The zero-order chi connectivity index (χ0) is 38.2. The molecule has 2 heterocycles.